The zero-order chi connectivity index (χ0) is 66.3. The average molecular weight is 1300 g/mol. The van der Waals surface area contributed by atoms with Crippen molar-refractivity contribution in [1.29, 1.82) is 0 Å². The van der Waals surface area contributed by atoms with E-state index in [1.807, 2.05) is 0 Å². The molecule has 22 N–H and O–H groups in total. The predicted octanol–water partition coefficient (Wildman–Crippen LogP) is -8.11. The van der Waals surface area contributed by atoms with E-state index in [2.05, 4.69) is 37.2 Å². The molecule has 0 aromatic carbocycles. The van der Waals surface area contributed by atoms with Crippen LogP contribution in [0.15, 0.2) is 0 Å². The first-order valence-corrected chi connectivity index (χ1v) is 31.2. The highest BCUT2D eigenvalue weighted by Crippen LogP contribution is 2.24. The molecule has 0 radical (unpaired) electrons. The van der Waals surface area contributed by atoms with Crippen LogP contribution in [-0.4, -0.2) is 304 Å². The molecular weight excluding hydrogens is 1200 g/mol. The molecule has 34 heteroatoms. The molecule has 3 aliphatic rings. The van der Waals surface area contributed by atoms with Crippen LogP contribution in [-0.2, 0) is 71.4 Å². The van der Waals surface area contributed by atoms with Crippen LogP contribution < -0.4 is 54.4 Å². The molecule has 0 aromatic rings. The number of ether oxygens (including phenoxy) is 9. The monoisotopic (exact) mass is 1300 g/mol. The number of unbranched alkanes of at least 4 members (excludes halogenated alkanes) is 3. The van der Waals surface area contributed by atoms with E-state index in [4.69, 9.17) is 59.8 Å². The zero-order valence-electron chi connectivity index (χ0n) is 51.9. The first-order chi connectivity index (χ1) is 43.2. The van der Waals surface area contributed by atoms with Crippen molar-refractivity contribution in [2.45, 2.75) is 194 Å². The topological polar surface area (TPSA) is 530 Å². The molecule has 0 saturated carbocycles. The molecule has 15 unspecified atom stereocenters. The summed E-state index contributed by atoms with van der Waals surface area (Å²) < 4.78 is 50.8. The van der Waals surface area contributed by atoms with E-state index < -0.39 is 117 Å². The summed E-state index contributed by atoms with van der Waals surface area (Å²) in [5.41, 5.74) is 16.7. The van der Waals surface area contributed by atoms with Crippen LogP contribution in [0.3, 0.4) is 0 Å². The highest BCUT2D eigenvalue weighted by Gasteiger charge is 2.45. The number of hydrogen-bond acceptors (Lipinski definition) is 28. The Morgan fingerprint density at radius 3 is 0.844 bits per heavy atom. The molecule has 34 nitrogen and oxygen atoms in total. The minimum absolute atomic E-state index is 0.0189. The van der Waals surface area contributed by atoms with Gasteiger partial charge in [0.2, 0.25) is 35.4 Å². The molecule has 524 valence electrons. The summed E-state index contributed by atoms with van der Waals surface area (Å²) in [6.07, 6.45) is -9.11. The van der Waals surface area contributed by atoms with Crippen molar-refractivity contribution in [1.82, 2.24) is 37.2 Å². The Bertz CT molecular complexity index is 1800. The standard InChI is InChI=1S/C56H106N10O24/c1-60-56(32-82-26-14-41(73)64-20-8-17-61-38(70)11-2-5-23-85-53-44(57)50(79)47(76)35(29-67)88-53,33-83-27-15-42(74)65-21-9-18-62-39(71)12-3-6-24-86-54-45(58)51(80)48(77)36(30-68)89-54)34-84-28-16-43(75)66-22-10-19-63-40(72)13-4-7-25-87-55-46(59)52(81)49(78)37(31-69)90-55/h35-37,44-55,60,67-69,76-81H,2-34,57-59H2,1H3,(H,61,70)(H,62,71)(H,63,72)(H,64,73)(H,65,74)(H,66,75). The van der Waals surface area contributed by atoms with Gasteiger partial charge in [0.25, 0.3) is 0 Å². The fourth-order valence-corrected chi connectivity index (χ4v) is 9.32. The molecule has 6 amide bonds. The summed E-state index contributed by atoms with van der Waals surface area (Å²) in [6, 6.07) is -3.03. The van der Waals surface area contributed by atoms with Gasteiger partial charge in [-0.3, -0.25) is 28.8 Å². The summed E-state index contributed by atoms with van der Waals surface area (Å²) in [5, 5.41) is 108. The van der Waals surface area contributed by atoms with Crippen molar-refractivity contribution in [3.63, 3.8) is 0 Å². The minimum atomic E-state index is -1.34. The number of carbonyl (C=O) groups excluding carboxylic acids is 6. The number of nitrogens with one attached hydrogen (secondary N) is 7. The lowest BCUT2D eigenvalue weighted by molar-refractivity contribution is -0.265. The maximum absolute atomic E-state index is 12.7. The zero-order valence-corrected chi connectivity index (χ0v) is 51.9. The van der Waals surface area contributed by atoms with Crippen molar-refractivity contribution in [3.8, 4) is 0 Å². The normalized spacial score (nSPS) is 27.5. The Morgan fingerprint density at radius 2 is 0.611 bits per heavy atom. The number of carbonyl (C=O) groups is 6. The Labute approximate surface area is 525 Å². The van der Waals surface area contributed by atoms with E-state index in [1.54, 1.807) is 7.05 Å². The first kappa shape index (κ1) is 80.2. The fourth-order valence-electron chi connectivity index (χ4n) is 9.32. The summed E-state index contributed by atoms with van der Waals surface area (Å²) in [7, 11) is 1.67. The molecule has 3 rings (SSSR count). The average Bonchev–Trinajstić information content (AvgIpc) is 2.36. The Balaban J connectivity index is 1.32. The molecule has 0 aromatic heterocycles. The molecule has 3 aliphatic heterocycles. The van der Waals surface area contributed by atoms with E-state index in [0.717, 1.165) is 0 Å². The van der Waals surface area contributed by atoms with Gasteiger partial charge in [-0.1, -0.05) is 0 Å². The largest absolute Gasteiger partial charge is 0.394 e. The van der Waals surface area contributed by atoms with Crippen LogP contribution in [0.25, 0.3) is 0 Å². The number of rotatable bonds is 49. The third-order valence-corrected chi connectivity index (χ3v) is 15.1. The van der Waals surface area contributed by atoms with E-state index in [0.29, 0.717) is 97.1 Å². The van der Waals surface area contributed by atoms with Gasteiger partial charge in [-0.15, -0.1) is 0 Å². The number of likely N-dealkylation sites (N-methyl/N-ethyl adjacent to an activating group) is 1. The second-order valence-electron chi connectivity index (χ2n) is 22.4. The van der Waals surface area contributed by atoms with Gasteiger partial charge in [0.15, 0.2) is 18.9 Å². The van der Waals surface area contributed by atoms with Crippen LogP contribution in [0.2, 0.25) is 0 Å². The number of amides is 6. The van der Waals surface area contributed by atoms with Gasteiger partial charge >= 0.3 is 0 Å². The van der Waals surface area contributed by atoms with Crippen LogP contribution in [0, 0.1) is 0 Å². The van der Waals surface area contributed by atoms with Gasteiger partial charge in [0.05, 0.1) is 83.1 Å². The van der Waals surface area contributed by atoms with Crippen LogP contribution in [0.5, 0.6) is 0 Å². The molecule has 3 heterocycles. The number of aliphatic hydroxyl groups is 9. The molecule has 0 aliphatic carbocycles. The highest BCUT2D eigenvalue weighted by atomic mass is 16.7. The molecule has 0 bridgehead atoms. The summed E-state index contributed by atoms with van der Waals surface area (Å²) in [6.45, 7) is 0.987. The summed E-state index contributed by atoms with van der Waals surface area (Å²) >= 11 is 0. The van der Waals surface area contributed by atoms with Gasteiger partial charge in [0.1, 0.15) is 54.9 Å². The van der Waals surface area contributed by atoms with Crippen LogP contribution >= 0.6 is 0 Å². The van der Waals surface area contributed by atoms with Crippen molar-refractivity contribution >= 4 is 35.4 Å². The van der Waals surface area contributed by atoms with Gasteiger partial charge in [-0.2, -0.15) is 0 Å². The van der Waals surface area contributed by atoms with E-state index in [-0.39, 0.29) is 133 Å². The van der Waals surface area contributed by atoms with Gasteiger partial charge in [-0.05, 0) is 64.8 Å². The summed E-state index contributed by atoms with van der Waals surface area (Å²) in [4.78, 5) is 75.1. The van der Waals surface area contributed by atoms with Gasteiger partial charge in [0, 0.05) is 97.6 Å². The second kappa shape index (κ2) is 46.1. The lowest BCUT2D eigenvalue weighted by Gasteiger charge is -2.40. The van der Waals surface area contributed by atoms with E-state index in [9.17, 15) is 74.7 Å². The Hall–Kier alpha value is -4.06. The lowest BCUT2D eigenvalue weighted by Crippen LogP contribution is -2.62. The molecule has 15 atom stereocenters. The number of aliphatic hydroxyl groups excluding tert-OH is 9. The Morgan fingerprint density at radius 1 is 0.367 bits per heavy atom. The third-order valence-electron chi connectivity index (χ3n) is 15.1. The van der Waals surface area contributed by atoms with Gasteiger partial charge < -0.3 is 143 Å². The fraction of sp³-hybridized carbons (Fsp3) is 0.893. The van der Waals surface area contributed by atoms with Crippen molar-refractivity contribution in [2.24, 2.45) is 17.2 Å². The minimum Gasteiger partial charge on any atom is -0.394 e. The van der Waals surface area contributed by atoms with Crippen LogP contribution in [0.4, 0.5) is 0 Å². The van der Waals surface area contributed by atoms with E-state index >= 15 is 0 Å². The molecule has 0 spiro atoms. The number of hydrogen-bond donors (Lipinski definition) is 19. The predicted molar refractivity (Wildman–Crippen MR) is 317 cm³/mol. The molecule has 90 heavy (non-hydrogen) atoms. The van der Waals surface area contributed by atoms with E-state index in [1.165, 1.54) is 0 Å². The SMILES string of the molecule is CNC(COCCC(=O)NCCCNC(=O)CCCCOC1OC(CO)C(O)C(O)C1N)(COCCC(=O)NCCCNC(=O)CCCCOC1OC(CO)C(O)C(O)C1N)COCCC(=O)NCCCNC(=O)CCCCOC1OC(CO)C(O)C(O)C1N. The van der Waals surface area contributed by atoms with Crippen molar-refractivity contribution in [2.75, 3.05) is 126 Å². The lowest BCUT2D eigenvalue weighted by atomic mass is 9.98. The van der Waals surface area contributed by atoms with Crippen LogP contribution in [0.1, 0.15) is 96.3 Å². The van der Waals surface area contributed by atoms with Crippen molar-refractivity contribution in [3.05, 3.63) is 0 Å². The molecule has 3 saturated heterocycles. The molecular formula is C56H106N10O24. The maximum Gasteiger partial charge on any atom is 0.222 e. The van der Waals surface area contributed by atoms with Gasteiger partial charge in [-0.25, -0.2) is 0 Å². The summed E-state index contributed by atoms with van der Waals surface area (Å²) in [5.74, 6) is -1.39. The maximum atomic E-state index is 12.7. The van der Waals surface area contributed by atoms with Crippen molar-refractivity contribution < 1.29 is 117 Å². The quantitative estimate of drug-likeness (QED) is 0.0252. The second-order valence-corrected chi connectivity index (χ2v) is 22.4. The Kier molecular flexibility index (Phi) is 41.1. The number of nitrogens with two attached hydrogens (primary N) is 3. The third kappa shape index (κ3) is 30.8. The molecule has 3 fully saturated rings. The first-order valence-electron chi connectivity index (χ1n) is 31.2. The highest BCUT2D eigenvalue weighted by molar-refractivity contribution is 5.78. The smallest absolute Gasteiger partial charge is 0.222 e.